The van der Waals surface area contributed by atoms with Gasteiger partial charge in [-0.25, -0.2) is 0 Å². The molecule has 1 heterocycles. The van der Waals surface area contributed by atoms with Crippen LogP contribution in [0.15, 0.2) is 40.8 Å². The van der Waals surface area contributed by atoms with E-state index in [1.165, 1.54) is 5.56 Å². The van der Waals surface area contributed by atoms with Gasteiger partial charge < -0.3 is 14.9 Å². The molecule has 0 bridgehead atoms. The maximum atomic E-state index is 5.81. The zero-order valence-corrected chi connectivity index (χ0v) is 10.8. The minimum absolute atomic E-state index is 0.419. The molecule has 0 amide bonds. The van der Waals surface area contributed by atoms with Crippen LogP contribution in [-0.4, -0.2) is 0 Å². The van der Waals surface area contributed by atoms with Crippen molar-refractivity contribution in [3.05, 3.63) is 53.5 Å². The van der Waals surface area contributed by atoms with E-state index in [1.54, 1.807) is 0 Å². The van der Waals surface area contributed by atoms with E-state index in [9.17, 15) is 0 Å². The van der Waals surface area contributed by atoms with E-state index in [4.69, 9.17) is 14.9 Å². The van der Waals surface area contributed by atoms with Crippen LogP contribution in [0.2, 0.25) is 0 Å². The lowest BCUT2D eigenvalue weighted by Gasteiger charge is -2.12. The summed E-state index contributed by atoms with van der Waals surface area (Å²) in [5.41, 5.74) is 6.71. The molecule has 0 aliphatic rings. The monoisotopic (exact) mass is 245 g/mol. The molecule has 0 atom stereocenters. The van der Waals surface area contributed by atoms with E-state index < -0.39 is 0 Å². The molecule has 3 nitrogen and oxygen atoms in total. The molecule has 0 spiro atoms. The van der Waals surface area contributed by atoms with Crippen LogP contribution < -0.4 is 10.5 Å². The molecule has 96 valence electrons. The van der Waals surface area contributed by atoms with Crippen molar-refractivity contribution in [2.24, 2.45) is 5.73 Å². The number of furan rings is 1. The quantitative estimate of drug-likeness (QED) is 0.877. The smallest absolute Gasteiger partial charge is 0.146 e. The number of hydrogen-bond donors (Lipinski definition) is 1. The van der Waals surface area contributed by atoms with Crippen molar-refractivity contribution < 1.29 is 9.15 Å². The third-order valence-corrected chi connectivity index (χ3v) is 2.83. The van der Waals surface area contributed by atoms with Gasteiger partial charge in [-0.3, -0.25) is 0 Å². The standard InChI is InChI=1S/C15H19NO2/c1-11(2)14-5-3-4-6-15(14)17-10-13-8-7-12(9-16)18-13/h3-8,11H,9-10,16H2,1-2H3. The Morgan fingerprint density at radius 2 is 1.83 bits per heavy atom. The summed E-state index contributed by atoms with van der Waals surface area (Å²) in [6.45, 7) is 5.16. The molecule has 3 heteroatoms. The minimum Gasteiger partial charge on any atom is -0.485 e. The molecular formula is C15H19NO2. The summed E-state index contributed by atoms with van der Waals surface area (Å²) in [5, 5.41) is 0. The zero-order chi connectivity index (χ0) is 13.0. The van der Waals surface area contributed by atoms with E-state index in [2.05, 4.69) is 19.9 Å². The summed E-state index contributed by atoms with van der Waals surface area (Å²) in [7, 11) is 0. The summed E-state index contributed by atoms with van der Waals surface area (Å²) in [6.07, 6.45) is 0. The Morgan fingerprint density at radius 1 is 1.11 bits per heavy atom. The first kappa shape index (κ1) is 12.7. The fourth-order valence-electron chi connectivity index (χ4n) is 1.85. The lowest BCUT2D eigenvalue weighted by atomic mass is 10.0. The van der Waals surface area contributed by atoms with Crippen LogP contribution in [0.3, 0.4) is 0 Å². The van der Waals surface area contributed by atoms with Crippen molar-refractivity contribution >= 4 is 0 Å². The number of para-hydroxylation sites is 1. The van der Waals surface area contributed by atoms with Crippen molar-refractivity contribution in [3.8, 4) is 5.75 Å². The molecule has 0 aliphatic heterocycles. The molecule has 0 radical (unpaired) electrons. The van der Waals surface area contributed by atoms with Gasteiger partial charge in [-0.2, -0.15) is 0 Å². The molecule has 0 fully saturated rings. The lowest BCUT2D eigenvalue weighted by molar-refractivity contribution is 0.263. The van der Waals surface area contributed by atoms with E-state index in [1.807, 2.05) is 30.3 Å². The van der Waals surface area contributed by atoms with E-state index >= 15 is 0 Å². The third kappa shape index (κ3) is 2.93. The second-order valence-corrected chi connectivity index (χ2v) is 4.55. The van der Waals surface area contributed by atoms with Gasteiger partial charge in [-0.15, -0.1) is 0 Å². The Bertz CT molecular complexity index is 503. The van der Waals surface area contributed by atoms with Crippen molar-refractivity contribution in [2.75, 3.05) is 0 Å². The van der Waals surface area contributed by atoms with Gasteiger partial charge in [0.2, 0.25) is 0 Å². The van der Waals surface area contributed by atoms with Crippen molar-refractivity contribution in [2.45, 2.75) is 32.9 Å². The van der Waals surface area contributed by atoms with Crippen molar-refractivity contribution in [1.82, 2.24) is 0 Å². The minimum atomic E-state index is 0.419. The van der Waals surface area contributed by atoms with Crippen LogP contribution in [0, 0.1) is 0 Å². The average Bonchev–Trinajstić information content (AvgIpc) is 2.84. The van der Waals surface area contributed by atoms with Gasteiger partial charge in [-0.1, -0.05) is 32.0 Å². The van der Waals surface area contributed by atoms with E-state index in [0.29, 0.717) is 19.1 Å². The van der Waals surface area contributed by atoms with Gasteiger partial charge in [0.1, 0.15) is 23.9 Å². The summed E-state index contributed by atoms with van der Waals surface area (Å²) in [4.78, 5) is 0. The predicted molar refractivity (Wildman–Crippen MR) is 71.5 cm³/mol. The maximum Gasteiger partial charge on any atom is 0.146 e. The molecule has 2 N–H and O–H groups in total. The summed E-state index contributed by atoms with van der Waals surface area (Å²) in [6, 6.07) is 11.9. The first-order valence-electron chi connectivity index (χ1n) is 6.20. The van der Waals surface area contributed by atoms with Crippen LogP contribution in [0.1, 0.15) is 36.8 Å². The number of hydrogen-bond acceptors (Lipinski definition) is 3. The van der Waals surface area contributed by atoms with Crippen LogP contribution in [0.25, 0.3) is 0 Å². The Labute approximate surface area is 108 Å². The Morgan fingerprint density at radius 3 is 2.50 bits per heavy atom. The van der Waals surface area contributed by atoms with Crippen LogP contribution in [0.4, 0.5) is 0 Å². The topological polar surface area (TPSA) is 48.4 Å². The second kappa shape index (κ2) is 5.74. The first-order chi connectivity index (χ1) is 8.70. The number of benzene rings is 1. The largest absolute Gasteiger partial charge is 0.485 e. The predicted octanol–water partition coefficient (Wildman–Crippen LogP) is 3.44. The molecule has 2 rings (SSSR count). The normalized spacial score (nSPS) is 10.9. The highest BCUT2D eigenvalue weighted by molar-refractivity contribution is 5.35. The van der Waals surface area contributed by atoms with Crippen LogP contribution in [-0.2, 0) is 13.2 Å². The van der Waals surface area contributed by atoms with E-state index in [0.717, 1.165) is 17.3 Å². The van der Waals surface area contributed by atoms with Gasteiger partial charge >= 0.3 is 0 Å². The number of ether oxygens (including phenoxy) is 1. The number of nitrogens with two attached hydrogens (primary N) is 1. The van der Waals surface area contributed by atoms with Gasteiger partial charge in [0, 0.05) is 0 Å². The highest BCUT2D eigenvalue weighted by Crippen LogP contribution is 2.26. The average molecular weight is 245 g/mol. The summed E-state index contributed by atoms with van der Waals surface area (Å²) >= 11 is 0. The molecule has 2 aromatic rings. The number of rotatable bonds is 5. The van der Waals surface area contributed by atoms with Gasteiger partial charge in [0.25, 0.3) is 0 Å². The molecule has 0 saturated heterocycles. The van der Waals surface area contributed by atoms with E-state index in [-0.39, 0.29) is 0 Å². The molecule has 1 aromatic carbocycles. The maximum absolute atomic E-state index is 5.81. The van der Waals surface area contributed by atoms with Crippen molar-refractivity contribution in [3.63, 3.8) is 0 Å². The van der Waals surface area contributed by atoms with Crippen LogP contribution in [0.5, 0.6) is 5.75 Å². The summed E-state index contributed by atoms with van der Waals surface area (Å²) in [5.74, 6) is 2.94. The Hall–Kier alpha value is -1.74. The highest BCUT2D eigenvalue weighted by Gasteiger charge is 2.08. The van der Waals surface area contributed by atoms with Crippen molar-refractivity contribution in [1.29, 1.82) is 0 Å². The first-order valence-corrected chi connectivity index (χ1v) is 6.20. The zero-order valence-electron chi connectivity index (χ0n) is 10.8. The van der Waals surface area contributed by atoms with Gasteiger partial charge in [0.05, 0.1) is 6.54 Å². The second-order valence-electron chi connectivity index (χ2n) is 4.55. The van der Waals surface area contributed by atoms with Gasteiger partial charge in [0.15, 0.2) is 0 Å². The lowest BCUT2D eigenvalue weighted by Crippen LogP contribution is -1.99. The molecule has 1 aromatic heterocycles. The van der Waals surface area contributed by atoms with Gasteiger partial charge in [-0.05, 0) is 29.7 Å². The summed E-state index contributed by atoms with van der Waals surface area (Å²) < 4.78 is 11.3. The fourth-order valence-corrected chi connectivity index (χ4v) is 1.85. The Kier molecular flexibility index (Phi) is 4.05. The molecule has 0 saturated carbocycles. The van der Waals surface area contributed by atoms with Crippen LogP contribution >= 0.6 is 0 Å². The molecule has 0 unspecified atom stereocenters. The third-order valence-electron chi connectivity index (χ3n) is 2.83. The molecule has 18 heavy (non-hydrogen) atoms. The fraction of sp³-hybridized carbons (Fsp3) is 0.333. The highest BCUT2D eigenvalue weighted by atomic mass is 16.5. The molecular weight excluding hydrogens is 226 g/mol. The molecule has 0 aliphatic carbocycles. The Balaban J connectivity index is 2.05. The SMILES string of the molecule is CC(C)c1ccccc1OCc1ccc(CN)o1.